The number of carbonyl (C=O) groups excluding carboxylic acids is 1. The summed E-state index contributed by atoms with van der Waals surface area (Å²) in [5.74, 6) is -0.148. The minimum absolute atomic E-state index is 0.141. The largest absolute Gasteiger partial charge is 0.394 e. The lowest BCUT2D eigenvalue weighted by Gasteiger charge is -2.40. The summed E-state index contributed by atoms with van der Waals surface area (Å²) < 4.78 is 11.4. The lowest BCUT2D eigenvalue weighted by Crippen LogP contribution is -2.60. The average molecular weight is 1130 g/mol. The third-order valence-corrected chi connectivity index (χ3v) is 16.4. The number of hydrogen-bond donors (Lipinski definition) is 6. The van der Waals surface area contributed by atoms with Gasteiger partial charge in [0.1, 0.15) is 24.4 Å². The molecule has 80 heavy (non-hydrogen) atoms. The van der Waals surface area contributed by atoms with E-state index in [-0.39, 0.29) is 12.5 Å². The van der Waals surface area contributed by atoms with Crippen LogP contribution in [0.25, 0.3) is 0 Å². The Morgan fingerprint density at radius 1 is 0.438 bits per heavy atom. The highest BCUT2D eigenvalue weighted by Crippen LogP contribution is 2.24. The Morgan fingerprint density at radius 3 is 1.15 bits per heavy atom. The number of carbonyl (C=O) groups is 1. The summed E-state index contributed by atoms with van der Waals surface area (Å²) in [6, 6.07) is -0.728. The molecule has 1 rings (SSSR count). The van der Waals surface area contributed by atoms with Gasteiger partial charge in [-0.15, -0.1) is 0 Å². The van der Waals surface area contributed by atoms with Crippen LogP contribution in [0.5, 0.6) is 0 Å². The van der Waals surface area contributed by atoms with Gasteiger partial charge in [0.15, 0.2) is 6.29 Å². The smallest absolute Gasteiger partial charge is 0.220 e. The quantitative estimate of drug-likeness (QED) is 0.0261. The molecule has 0 radical (unpaired) electrons. The zero-order chi connectivity index (χ0) is 57.9. The number of ether oxygens (including phenoxy) is 2. The first-order valence-electron chi connectivity index (χ1n) is 34.5. The van der Waals surface area contributed by atoms with Crippen LogP contribution >= 0.6 is 0 Å². The fourth-order valence-electron chi connectivity index (χ4n) is 11.0. The maximum absolute atomic E-state index is 13.1. The summed E-state index contributed by atoms with van der Waals surface area (Å²) >= 11 is 0. The molecule has 0 aromatic rings. The predicted octanol–water partition coefficient (Wildman–Crippen LogP) is 18.6. The zero-order valence-corrected chi connectivity index (χ0v) is 52.3. The number of unbranched alkanes of at least 4 members (excludes halogenated alkanes) is 40. The number of aliphatic hydroxyl groups is 5. The van der Waals surface area contributed by atoms with Gasteiger partial charge in [0.25, 0.3) is 0 Å². The second-order valence-corrected chi connectivity index (χ2v) is 23.9. The molecule has 9 heteroatoms. The van der Waals surface area contributed by atoms with E-state index in [0.29, 0.717) is 12.8 Å². The highest BCUT2D eigenvalue weighted by molar-refractivity contribution is 5.76. The fourth-order valence-corrected chi connectivity index (χ4v) is 11.0. The molecule has 0 aliphatic carbocycles. The van der Waals surface area contributed by atoms with Crippen LogP contribution in [-0.2, 0) is 14.3 Å². The molecule has 1 aliphatic rings. The summed E-state index contributed by atoms with van der Waals surface area (Å²) in [7, 11) is 0. The van der Waals surface area contributed by atoms with Gasteiger partial charge in [-0.25, -0.2) is 0 Å². The van der Waals surface area contributed by atoms with Gasteiger partial charge in [-0.3, -0.25) is 4.79 Å². The Morgan fingerprint density at radius 2 is 0.775 bits per heavy atom. The standard InChI is InChI=1S/C71H131NO8/c1-3-5-7-9-11-13-15-17-19-21-23-25-27-29-30-31-32-33-34-35-37-38-40-42-44-46-48-50-52-54-56-58-60-65(74)64(63-79-71-70(78)69(77)68(76)66(62-73)80-71)72-67(75)61-59-57-55-53-51-49-47-45-43-41-39-36-28-26-24-22-20-18-16-14-12-10-8-6-4-2/h6,8,12,14,18,20,24,26,36,39,64-66,68-71,73-74,76-78H,3-5,7,9-11,13,15-17,19,21-23,25,27-35,37-38,40-63H2,1-2H3,(H,72,75)/b8-6-,14-12-,20-18-,26-24-,39-36-. The summed E-state index contributed by atoms with van der Waals surface area (Å²) in [4.78, 5) is 13.1. The van der Waals surface area contributed by atoms with Gasteiger partial charge >= 0.3 is 0 Å². The van der Waals surface area contributed by atoms with Crippen molar-refractivity contribution in [2.75, 3.05) is 13.2 Å². The highest BCUT2D eigenvalue weighted by atomic mass is 16.7. The van der Waals surface area contributed by atoms with Gasteiger partial charge in [-0.2, -0.15) is 0 Å². The van der Waals surface area contributed by atoms with Crippen LogP contribution in [0.4, 0.5) is 0 Å². The first-order chi connectivity index (χ1) is 39.3. The van der Waals surface area contributed by atoms with E-state index in [1.807, 2.05) is 0 Å². The van der Waals surface area contributed by atoms with Crippen molar-refractivity contribution in [2.24, 2.45) is 0 Å². The first-order valence-corrected chi connectivity index (χ1v) is 34.5. The molecule has 9 nitrogen and oxygen atoms in total. The fraction of sp³-hybridized carbons (Fsp3) is 0.845. The van der Waals surface area contributed by atoms with Crippen molar-refractivity contribution >= 4 is 5.91 Å². The Kier molecular flexibility index (Phi) is 57.0. The molecule has 0 spiro atoms. The average Bonchev–Trinajstić information content (AvgIpc) is 3.46. The van der Waals surface area contributed by atoms with E-state index >= 15 is 0 Å². The summed E-state index contributed by atoms with van der Waals surface area (Å²) in [5.41, 5.74) is 0. The molecule has 0 saturated carbocycles. The van der Waals surface area contributed by atoms with Crippen LogP contribution in [0.2, 0.25) is 0 Å². The van der Waals surface area contributed by atoms with Crippen molar-refractivity contribution in [2.45, 2.75) is 371 Å². The van der Waals surface area contributed by atoms with Gasteiger partial charge in [0, 0.05) is 6.42 Å². The predicted molar refractivity (Wildman–Crippen MR) is 341 cm³/mol. The van der Waals surface area contributed by atoms with E-state index in [1.54, 1.807) is 0 Å². The van der Waals surface area contributed by atoms with Gasteiger partial charge in [0.2, 0.25) is 5.91 Å². The van der Waals surface area contributed by atoms with E-state index in [2.05, 4.69) is 79.9 Å². The molecule has 7 unspecified atom stereocenters. The van der Waals surface area contributed by atoms with Crippen LogP contribution in [0.1, 0.15) is 328 Å². The van der Waals surface area contributed by atoms with Crippen LogP contribution in [0.3, 0.4) is 0 Å². The van der Waals surface area contributed by atoms with Gasteiger partial charge in [-0.1, -0.05) is 325 Å². The van der Waals surface area contributed by atoms with Crippen molar-refractivity contribution in [3.8, 4) is 0 Å². The molecule has 0 aromatic carbocycles. The Balaban J connectivity index is 2.12. The Labute approximate surface area is 494 Å². The van der Waals surface area contributed by atoms with Gasteiger partial charge in [-0.05, 0) is 57.8 Å². The third kappa shape index (κ3) is 48.3. The number of nitrogens with one attached hydrogen (secondary N) is 1. The second kappa shape index (κ2) is 60.0. The van der Waals surface area contributed by atoms with E-state index in [4.69, 9.17) is 9.47 Å². The normalized spacial score (nSPS) is 18.8. The molecule has 1 amide bonds. The highest BCUT2D eigenvalue weighted by Gasteiger charge is 2.44. The molecule has 6 N–H and O–H groups in total. The topological polar surface area (TPSA) is 149 Å². The molecule has 0 bridgehead atoms. The van der Waals surface area contributed by atoms with Crippen LogP contribution in [0, 0.1) is 0 Å². The van der Waals surface area contributed by atoms with Crippen molar-refractivity contribution in [1.29, 1.82) is 0 Å². The monoisotopic (exact) mass is 1130 g/mol. The van der Waals surface area contributed by atoms with Crippen LogP contribution in [0.15, 0.2) is 60.8 Å². The summed E-state index contributed by atoms with van der Waals surface area (Å²) in [6.07, 6.45) is 75.7. The lowest BCUT2D eigenvalue weighted by atomic mass is 9.99. The molecule has 468 valence electrons. The molecule has 1 saturated heterocycles. The molecule has 7 atom stereocenters. The molecule has 1 heterocycles. The van der Waals surface area contributed by atoms with Crippen molar-refractivity contribution in [3.05, 3.63) is 60.8 Å². The van der Waals surface area contributed by atoms with Crippen molar-refractivity contribution in [1.82, 2.24) is 5.32 Å². The van der Waals surface area contributed by atoms with E-state index < -0.39 is 49.5 Å². The summed E-state index contributed by atoms with van der Waals surface area (Å²) in [5, 5.41) is 54.9. The Bertz CT molecular complexity index is 1450. The first kappa shape index (κ1) is 75.9. The van der Waals surface area contributed by atoms with Crippen molar-refractivity contribution in [3.63, 3.8) is 0 Å². The number of rotatable bonds is 60. The maximum Gasteiger partial charge on any atom is 0.220 e. The molecular formula is C71H131NO8. The second-order valence-electron chi connectivity index (χ2n) is 23.9. The number of hydrogen-bond acceptors (Lipinski definition) is 8. The van der Waals surface area contributed by atoms with Gasteiger partial charge < -0.3 is 40.3 Å². The number of allylic oxidation sites excluding steroid dienone is 10. The van der Waals surface area contributed by atoms with E-state index in [9.17, 15) is 30.3 Å². The molecular weight excluding hydrogens is 995 g/mol. The SMILES string of the molecule is CC/C=C\C/C=C\C/C=C\C/C=C\C/C=C\CCCCCCCCCCCC(=O)NC(COC1OC(CO)C(O)C(O)C1O)C(O)CCCCCCCCCCCCCCCCCCCCCCCCCCCCCCCCCC. The Hall–Kier alpha value is -2.11. The van der Waals surface area contributed by atoms with Crippen LogP contribution < -0.4 is 5.32 Å². The van der Waals surface area contributed by atoms with E-state index in [1.165, 1.54) is 225 Å². The minimum atomic E-state index is -1.56. The van der Waals surface area contributed by atoms with E-state index in [0.717, 1.165) is 77.0 Å². The molecule has 1 aliphatic heterocycles. The molecule has 0 aromatic heterocycles. The summed E-state index contributed by atoms with van der Waals surface area (Å²) in [6.45, 7) is 3.76. The number of amides is 1. The van der Waals surface area contributed by atoms with Crippen LogP contribution in [-0.4, -0.2) is 87.5 Å². The number of aliphatic hydroxyl groups excluding tert-OH is 5. The minimum Gasteiger partial charge on any atom is -0.394 e. The maximum atomic E-state index is 13.1. The van der Waals surface area contributed by atoms with Gasteiger partial charge in [0.05, 0.1) is 25.4 Å². The zero-order valence-electron chi connectivity index (χ0n) is 52.3. The third-order valence-electron chi connectivity index (χ3n) is 16.4. The van der Waals surface area contributed by atoms with Crippen molar-refractivity contribution < 1.29 is 39.8 Å². The molecule has 1 fully saturated rings. The lowest BCUT2D eigenvalue weighted by molar-refractivity contribution is -0.302.